The van der Waals surface area contributed by atoms with Crippen molar-refractivity contribution in [2.75, 3.05) is 13.6 Å². The first-order valence-corrected chi connectivity index (χ1v) is 7.27. The van der Waals surface area contributed by atoms with Crippen LogP contribution in [0.5, 0.6) is 0 Å². The summed E-state index contributed by atoms with van der Waals surface area (Å²) >= 11 is 0. The van der Waals surface area contributed by atoms with E-state index >= 15 is 0 Å². The first-order chi connectivity index (χ1) is 11.0. The van der Waals surface area contributed by atoms with Crippen LogP contribution in [-0.4, -0.2) is 25.6 Å². The zero-order valence-corrected chi connectivity index (χ0v) is 15.5. The van der Waals surface area contributed by atoms with Gasteiger partial charge in [-0.1, -0.05) is 24.0 Å². The van der Waals surface area contributed by atoms with Crippen molar-refractivity contribution < 1.29 is 13.2 Å². The molecule has 2 N–H and O–H groups in total. The van der Waals surface area contributed by atoms with Gasteiger partial charge in [-0.15, -0.1) is 24.0 Å². The molecule has 0 saturated heterocycles. The molecule has 0 unspecified atom stereocenters. The van der Waals surface area contributed by atoms with Crippen molar-refractivity contribution in [3.8, 4) is 11.8 Å². The summed E-state index contributed by atoms with van der Waals surface area (Å²) in [5.74, 6) is 6.36. The molecule has 0 radical (unpaired) electrons. The molecule has 0 heterocycles. The lowest BCUT2D eigenvalue weighted by Crippen LogP contribution is -2.42. The molecule has 130 valence electrons. The number of hydrogen-bond acceptors (Lipinski definition) is 1. The maximum atomic E-state index is 12.5. The van der Waals surface area contributed by atoms with Gasteiger partial charge in [0.2, 0.25) is 0 Å². The van der Waals surface area contributed by atoms with E-state index in [2.05, 4.69) is 39.6 Å². The van der Waals surface area contributed by atoms with E-state index in [9.17, 15) is 13.2 Å². The quantitative estimate of drug-likeness (QED) is 0.238. The molecule has 1 aromatic rings. The smallest absolute Gasteiger partial charge is 0.353 e. The van der Waals surface area contributed by atoms with E-state index in [1.54, 1.807) is 7.05 Å². The van der Waals surface area contributed by atoms with Crippen LogP contribution in [0.4, 0.5) is 13.2 Å². The maximum absolute atomic E-state index is 12.5. The molecular weight excluding hydrogens is 430 g/mol. The zero-order chi connectivity index (χ0) is 16.7. The third-order valence-electron chi connectivity index (χ3n) is 3.36. The number of benzene rings is 1. The van der Waals surface area contributed by atoms with Crippen molar-refractivity contribution in [2.45, 2.75) is 25.1 Å². The molecule has 3 nitrogen and oxygen atoms in total. The van der Waals surface area contributed by atoms with Crippen molar-refractivity contribution in [1.82, 2.24) is 10.6 Å². The van der Waals surface area contributed by atoms with Gasteiger partial charge in [-0.3, -0.25) is 4.99 Å². The number of rotatable bonds is 2. The number of alkyl halides is 3. The summed E-state index contributed by atoms with van der Waals surface area (Å²) in [4.78, 5) is 4.11. The highest BCUT2D eigenvalue weighted by Gasteiger charge is 2.29. The number of aliphatic imine (C=N–C) groups is 1. The summed E-state index contributed by atoms with van der Waals surface area (Å²) in [7, 11) is 1.68. The van der Waals surface area contributed by atoms with Crippen molar-refractivity contribution in [1.29, 1.82) is 0 Å². The van der Waals surface area contributed by atoms with E-state index in [1.165, 1.54) is 12.1 Å². The minimum atomic E-state index is -4.32. The van der Waals surface area contributed by atoms with Gasteiger partial charge in [0.1, 0.15) is 0 Å². The van der Waals surface area contributed by atoms with Gasteiger partial charge in [0.15, 0.2) is 5.96 Å². The fourth-order valence-electron chi connectivity index (χ4n) is 2.14. The first kappa shape index (κ1) is 20.4. The molecular formula is C17H19F3IN3. The van der Waals surface area contributed by atoms with E-state index in [1.807, 2.05) is 0 Å². The SMILES string of the molecule is CN=C(NCC#Cc1ccc(C(F)(F)F)cc1)NC1CC=CC1.I. The highest BCUT2D eigenvalue weighted by atomic mass is 127. The van der Waals surface area contributed by atoms with Crippen LogP contribution >= 0.6 is 24.0 Å². The molecule has 24 heavy (non-hydrogen) atoms. The minimum Gasteiger partial charge on any atom is -0.353 e. The molecule has 1 aromatic carbocycles. The Hall–Kier alpha value is -1.69. The number of nitrogens with one attached hydrogen (secondary N) is 2. The lowest BCUT2D eigenvalue weighted by molar-refractivity contribution is -0.137. The van der Waals surface area contributed by atoms with Gasteiger partial charge in [-0.25, -0.2) is 0 Å². The fourth-order valence-corrected chi connectivity index (χ4v) is 2.14. The lowest BCUT2D eigenvalue weighted by atomic mass is 10.1. The van der Waals surface area contributed by atoms with Crippen LogP contribution < -0.4 is 10.6 Å². The van der Waals surface area contributed by atoms with Crippen LogP contribution in [0, 0.1) is 11.8 Å². The summed E-state index contributed by atoms with van der Waals surface area (Å²) in [5.41, 5.74) is -0.126. The predicted molar refractivity (Wildman–Crippen MR) is 100 cm³/mol. The van der Waals surface area contributed by atoms with E-state index < -0.39 is 11.7 Å². The normalized spacial score (nSPS) is 14.6. The van der Waals surface area contributed by atoms with E-state index in [0.717, 1.165) is 25.0 Å². The Labute approximate surface area is 156 Å². The molecule has 0 atom stereocenters. The van der Waals surface area contributed by atoms with Crippen LogP contribution in [0.3, 0.4) is 0 Å². The average molecular weight is 449 g/mol. The van der Waals surface area contributed by atoms with Gasteiger partial charge in [0.25, 0.3) is 0 Å². The van der Waals surface area contributed by atoms with Crippen molar-refractivity contribution >= 4 is 29.9 Å². The van der Waals surface area contributed by atoms with Crippen LogP contribution in [0.15, 0.2) is 41.4 Å². The summed E-state index contributed by atoms with van der Waals surface area (Å²) < 4.78 is 37.4. The second kappa shape index (κ2) is 9.57. The second-order valence-electron chi connectivity index (χ2n) is 5.09. The zero-order valence-electron chi connectivity index (χ0n) is 13.2. The first-order valence-electron chi connectivity index (χ1n) is 7.27. The largest absolute Gasteiger partial charge is 0.416 e. The standard InChI is InChI=1S/C17H18F3N3.HI/c1-21-16(23-15-6-2-3-7-15)22-12-4-5-13-8-10-14(11-9-13)17(18,19)20;/h2-3,8-11,15H,6-7,12H2,1H3,(H2,21,22,23);1H. The lowest BCUT2D eigenvalue weighted by Gasteiger charge is -2.15. The van der Waals surface area contributed by atoms with Crippen LogP contribution in [0.2, 0.25) is 0 Å². The van der Waals surface area contributed by atoms with Gasteiger partial charge in [0, 0.05) is 18.7 Å². The Balaban J connectivity index is 0.00000288. The molecule has 0 fully saturated rings. The highest BCUT2D eigenvalue weighted by molar-refractivity contribution is 14.0. The Morgan fingerprint density at radius 2 is 1.83 bits per heavy atom. The summed E-state index contributed by atoms with van der Waals surface area (Å²) in [5, 5.41) is 6.33. The van der Waals surface area contributed by atoms with Crippen molar-refractivity contribution in [3.63, 3.8) is 0 Å². The van der Waals surface area contributed by atoms with Gasteiger partial charge >= 0.3 is 6.18 Å². The third-order valence-corrected chi connectivity index (χ3v) is 3.36. The molecule has 0 amide bonds. The summed E-state index contributed by atoms with van der Waals surface area (Å²) in [6.07, 6.45) is 1.86. The van der Waals surface area contributed by atoms with Gasteiger partial charge < -0.3 is 10.6 Å². The number of guanidine groups is 1. The Morgan fingerprint density at radius 1 is 1.21 bits per heavy atom. The predicted octanol–water partition coefficient (Wildman–Crippen LogP) is 3.56. The van der Waals surface area contributed by atoms with Crippen LogP contribution in [-0.2, 0) is 6.18 Å². The van der Waals surface area contributed by atoms with E-state index in [0.29, 0.717) is 24.1 Å². The van der Waals surface area contributed by atoms with Crippen LogP contribution in [0.25, 0.3) is 0 Å². The number of nitrogens with zero attached hydrogens (tertiary/aromatic N) is 1. The molecule has 7 heteroatoms. The van der Waals surface area contributed by atoms with Crippen molar-refractivity contribution in [2.24, 2.45) is 4.99 Å². The molecule has 0 bridgehead atoms. The number of hydrogen-bond donors (Lipinski definition) is 2. The molecule has 0 aliphatic heterocycles. The fraction of sp³-hybridized carbons (Fsp3) is 0.353. The summed E-state index contributed by atoms with van der Waals surface area (Å²) in [6, 6.07) is 5.15. The Bertz CT molecular complexity index is 632. The molecule has 0 spiro atoms. The topological polar surface area (TPSA) is 36.4 Å². The molecule has 0 saturated carbocycles. The molecule has 0 aromatic heterocycles. The Kier molecular flexibility index (Phi) is 8.11. The maximum Gasteiger partial charge on any atom is 0.416 e. The number of halogens is 4. The minimum absolute atomic E-state index is 0. The van der Waals surface area contributed by atoms with Gasteiger partial charge in [0.05, 0.1) is 12.1 Å². The van der Waals surface area contributed by atoms with Gasteiger partial charge in [-0.2, -0.15) is 13.2 Å². The van der Waals surface area contributed by atoms with Gasteiger partial charge in [-0.05, 0) is 37.1 Å². The van der Waals surface area contributed by atoms with E-state index in [4.69, 9.17) is 0 Å². The summed E-state index contributed by atoms with van der Waals surface area (Å²) in [6.45, 7) is 0.362. The Morgan fingerprint density at radius 3 is 2.38 bits per heavy atom. The third kappa shape index (κ3) is 6.43. The average Bonchev–Trinajstić information content (AvgIpc) is 3.03. The van der Waals surface area contributed by atoms with Crippen LogP contribution in [0.1, 0.15) is 24.0 Å². The second-order valence-corrected chi connectivity index (χ2v) is 5.09. The van der Waals surface area contributed by atoms with Crippen molar-refractivity contribution in [3.05, 3.63) is 47.5 Å². The highest BCUT2D eigenvalue weighted by Crippen LogP contribution is 2.28. The van der Waals surface area contributed by atoms with E-state index in [-0.39, 0.29) is 24.0 Å². The molecule has 1 aliphatic carbocycles. The monoisotopic (exact) mass is 449 g/mol. The molecule has 1 aliphatic rings. The molecule has 2 rings (SSSR count).